The summed E-state index contributed by atoms with van der Waals surface area (Å²) < 4.78 is 0. The molecule has 2 rings (SSSR count). The fraction of sp³-hybridized carbons (Fsp3) is 0.667. The van der Waals surface area contributed by atoms with Crippen molar-refractivity contribution >= 4 is 6.34 Å². The molecule has 1 fully saturated rings. The SMILES string of the molecule is CC1CCCN1N1C=NC=CC1. The molecule has 2 heterocycles. The molecule has 1 unspecified atom stereocenters. The van der Waals surface area contributed by atoms with Crippen molar-refractivity contribution in [3.05, 3.63) is 12.3 Å². The maximum Gasteiger partial charge on any atom is 0.105 e. The van der Waals surface area contributed by atoms with E-state index in [9.17, 15) is 0 Å². The number of hydrogen-bond donors (Lipinski definition) is 0. The van der Waals surface area contributed by atoms with Crippen LogP contribution in [0.3, 0.4) is 0 Å². The van der Waals surface area contributed by atoms with Crippen LogP contribution in [-0.2, 0) is 0 Å². The van der Waals surface area contributed by atoms with Crippen LogP contribution in [0.4, 0.5) is 0 Å². The lowest BCUT2D eigenvalue weighted by atomic mass is 10.3. The van der Waals surface area contributed by atoms with E-state index < -0.39 is 0 Å². The average molecular weight is 165 g/mol. The van der Waals surface area contributed by atoms with Crippen molar-refractivity contribution in [3.8, 4) is 0 Å². The molecule has 0 N–H and O–H groups in total. The first-order valence-electron chi connectivity index (χ1n) is 4.59. The molecule has 0 aromatic heterocycles. The van der Waals surface area contributed by atoms with E-state index in [1.165, 1.54) is 19.4 Å². The largest absolute Gasteiger partial charge is 0.291 e. The third kappa shape index (κ3) is 1.37. The molecule has 2 aliphatic heterocycles. The quantitative estimate of drug-likeness (QED) is 0.582. The van der Waals surface area contributed by atoms with Gasteiger partial charge in [-0.1, -0.05) is 0 Å². The lowest BCUT2D eigenvalue weighted by Crippen LogP contribution is -2.44. The summed E-state index contributed by atoms with van der Waals surface area (Å²) in [6.45, 7) is 4.44. The number of hydrogen-bond acceptors (Lipinski definition) is 3. The minimum Gasteiger partial charge on any atom is -0.291 e. The minimum absolute atomic E-state index is 0.683. The lowest BCUT2D eigenvalue weighted by Gasteiger charge is -2.33. The van der Waals surface area contributed by atoms with Gasteiger partial charge in [0.05, 0.1) is 6.54 Å². The Bertz CT molecular complexity index is 210. The van der Waals surface area contributed by atoms with Gasteiger partial charge in [0.25, 0.3) is 0 Å². The summed E-state index contributed by atoms with van der Waals surface area (Å²) in [4.78, 5) is 4.12. The maximum absolute atomic E-state index is 4.12. The standard InChI is InChI=1S/C9H15N3/c1-9-4-2-7-12(9)11-6-3-5-10-8-11/h3,5,8-9H,2,4,6-7H2,1H3. The molecule has 0 radical (unpaired) electrons. The van der Waals surface area contributed by atoms with Crippen LogP contribution in [-0.4, -0.2) is 35.5 Å². The van der Waals surface area contributed by atoms with E-state index >= 15 is 0 Å². The molecular weight excluding hydrogens is 150 g/mol. The van der Waals surface area contributed by atoms with Gasteiger partial charge in [-0.05, 0) is 25.8 Å². The second-order valence-electron chi connectivity index (χ2n) is 3.43. The van der Waals surface area contributed by atoms with Crippen LogP contribution in [0.25, 0.3) is 0 Å². The molecule has 66 valence electrons. The Hall–Kier alpha value is -0.830. The third-order valence-electron chi connectivity index (χ3n) is 2.53. The first-order chi connectivity index (χ1) is 5.88. The van der Waals surface area contributed by atoms with Gasteiger partial charge in [0.1, 0.15) is 6.34 Å². The van der Waals surface area contributed by atoms with Gasteiger partial charge in [-0.2, -0.15) is 0 Å². The van der Waals surface area contributed by atoms with E-state index in [1.807, 2.05) is 12.5 Å². The second-order valence-corrected chi connectivity index (χ2v) is 3.43. The molecule has 0 aliphatic carbocycles. The minimum atomic E-state index is 0.683. The fourth-order valence-electron chi connectivity index (χ4n) is 1.85. The topological polar surface area (TPSA) is 18.8 Å². The van der Waals surface area contributed by atoms with Crippen molar-refractivity contribution in [1.82, 2.24) is 10.0 Å². The molecule has 12 heavy (non-hydrogen) atoms. The van der Waals surface area contributed by atoms with Crippen LogP contribution >= 0.6 is 0 Å². The van der Waals surface area contributed by atoms with Crippen LogP contribution in [0.5, 0.6) is 0 Å². The van der Waals surface area contributed by atoms with Gasteiger partial charge < -0.3 is 0 Å². The zero-order valence-electron chi connectivity index (χ0n) is 7.48. The highest BCUT2D eigenvalue weighted by Crippen LogP contribution is 2.18. The predicted octanol–water partition coefficient (Wildman–Crippen LogP) is 1.24. The van der Waals surface area contributed by atoms with Gasteiger partial charge in [-0.25, -0.2) is 10.0 Å². The molecule has 0 spiro atoms. The maximum atomic E-state index is 4.12. The monoisotopic (exact) mass is 165 g/mol. The summed E-state index contributed by atoms with van der Waals surface area (Å²) in [5.74, 6) is 0. The van der Waals surface area contributed by atoms with Gasteiger partial charge in [0, 0.05) is 18.8 Å². The first kappa shape index (κ1) is 7.80. The second kappa shape index (κ2) is 3.27. The Labute approximate surface area is 73.3 Å². The first-order valence-corrected chi connectivity index (χ1v) is 4.59. The summed E-state index contributed by atoms with van der Waals surface area (Å²) in [7, 11) is 0. The van der Waals surface area contributed by atoms with E-state index in [4.69, 9.17) is 0 Å². The zero-order chi connectivity index (χ0) is 8.39. The van der Waals surface area contributed by atoms with E-state index in [1.54, 1.807) is 0 Å². The number of nitrogens with zero attached hydrogens (tertiary/aromatic N) is 3. The van der Waals surface area contributed by atoms with Gasteiger partial charge in [0.15, 0.2) is 0 Å². The van der Waals surface area contributed by atoms with Gasteiger partial charge in [-0.15, -0.1) is 0 Å². The highest BCUT2D eigenvalue weighted by Gasteiger charge is 2.24. The Morgan fingerprint density at radius 1 is 1.50 bits per heavy atom. The summed E-state index contributed by atoms with van der Waals surface area (Å²) in [6.07, 6.45) is 8.49. The predicted molar refractivity (Wildman–Crippen MR) is 49.7 cm³/mol. The van der Waals surface area contributed by atoms with Gasteiger partial charge >= 0.3 is 0 Å². The normalized spacial score (nSPS) is 30.1. The smallest absolute Gasteiger partial charge is 0.105 e. The molecule has 3 heteroatoms. The lowest BCUT2D eigenvalue weighted by molar-refractivity contribution is 0.0527. The van der Waals surface area contributed by atoms with E-state index in [-0.39, 0.29) is 0 Å². The van der Waals surface area contributed by atoms with Crippen molar-refractivity contribution in [2.24, 2.45) is 4.99 Å². The summed E-state index contributed by atoms with van der Waals surface area (Å²) in [5, 5.41) is 4.60. The van der Waals surface area contributed by atoms with E-state index in [0.717, 1.165) is 6.54 Å². The van der Waals surface area contributed by atoms with E-state index in [2.05, 4.69) is 28.0 Å². The molecule has 0 amide bonds. The molecule has 0 saturated carbocycles. The number of rotatable bonds is 1. The Morgan fingerprint density at radius 3 is 3.00 bits per heavy atom. The van der Waals surface area contributed by atoms with Crippen LogP contribution in [0.1, 0.15) is 19.8 Å². The highest BCUT2D eigenvalue weighted by atomic mass is 15.6. The third-order valence-corrected chi connectivity index (χ3v) is 2.53. The molecule has 1 atom stereocenters. The van der Waals surface area contributed by atoms with Crippen molar-refractivity contribution in [2.45, 2.75) is 25.8 Å². The fourth-order valence-corrected chi connectivity index (χ4v) is 1.85. The van der Waals surface area contributed by atoms with Gasteiger partial charge in [-0.3, -0.25) is 5.01 Å². The Balaban J connectivity index is 1.99. The molecule has 2 aliphatic rings. The van der Waals surface area contributed by atoms with E-state index in [0.29, 0.717) is 6.04 Å². The summed E-state index contributed by atoms with van der Waals surface area (Å²) in [5.41, 5.74) is 0. The Morgan fingerprint density at radius 2 is 2.42 bits per heavy atom. The van der Waals surface area contributed by atoms with Crippen LogP contribution in [0, 0.1) is 0 Å². The van der Waals surface area contributed by atoms with Crippen molar-refractivity contribution in [2.75, 3.05) is 13.1 Å². The van der Waals surface area contributed by atoms with Gasteiger partial charge in [0.2, 0.25) is 0 Å². The molecule has 0 aromatic carbocycles. The highest BCUT2D eigenvalue weighted by molar-refractivity contribution is 5.56. The molecule has 0 aromatic rings. The van der Waals surface area contributed by atoms with Crippen molar-refractivity contribution in [3.63, 3.8) is 0 Å². The van der Waals surface area contributed by atoms with Crippen molar-refractivity contribution in [1.29, 1.82) is 0 Å². The molecular formula is C9H15N3. The molecule has 1 saturated heterocycles. The molecule has 3 nitrogen and oxygen atoms in total. The number of aliphatic imine (C=N–C) groups is 1. The summed E-state index contributed by atoms with van der Waals surface area (Å²) >= 11 is 0. The Kier molecular flexibility index (Phi) is 2.13. The van der Waals surface area contributed by atoms with Crippen LogP contribution in [0.15, 0.2) is 17.3 Å². The van der Waals surface area contributed by atoms with Crippen LogP contribution < -0.4 is 0 Å². The average Bonchev–Trinajstić information content (AvgIpc) is 2.53. The molecule has 0 bridgehead atoms. The zero-order valence-corrected chi connectivity index (χ0v) is 7.48. The summed E-state index contributed by atoms with van der Waals surface area (Å²) in [6, 6.07) is 0.683. The van der Waals surface area contributed by atoms with Crippen molar-refractivity contribution < 1.29 is 0 Å². The van der Waals surface area contributed by atoms with Crippen LogP contribution in [0.2, 0.25) is 0 Å². The number of hydrazine groups is 1.